The largest absolute Gasteiger partial charge is 0.466 e. The maximum atomic E-state index is 13.1. The molecular formula is C25H27N3O4. The first kappa shape index (κ1) is 21.7. The number of piperidine rings is 1. The number of carbonyl (C=O) groups excluding carboxylic acids is 2. The highest BCUT2D eigenvalue weighted by atomic mass is 16.5. The Morgan fingerprint density at radius 1 is 1.19 bits per heavy atom. The number of rotatable bonds is 6. The number of nitrogens with zero attached hydrogens (tertiary/aromatic N) is 3. The third-order valence-electron chi connectivity index (χ3n) is 5.84. The molecule has 1 aromatic carbocycles. The first-order valence-corrected chi connectivity index (χ1v) is 10.9. The molecule has 1 atom stereocenters. The maximum absolute atomic E-state index is 13.1. The van der Waals surface area contributed by atoms with Crippen LogP contribution in [-0.2, 0) is 16.0 Å². The minimum Gasteiger partial charge on any atom is -0.466 e. The zero-order valence-corrected chi connectivity index (χ0v) is 18.4. The normalized spacial score (nSPS) is 18.4. The van der Waals surface area contributed by atoms with Crippen molar-refractivity contribution in [3.8, 4) is 11.3 Å². The highest BCUT2D eigenvalue weighted by Gasteiger charge is 2.46. The van der Waals surface area contributed by atoms with Gasteiger partial charge < -0.3 is 14.2 Å². The molecule has 3 aromatic rings. The van der Waals surface area contributed by atoms with Crippen LogP contribution in [-0.4, -0.2) is 46.6 Å². The molecule has 7 heteroatoms. The molecule has 1 aliphatic heterocycles. The Labute approximate surface area is 187 Å². The van der Waals surface area contributed by atoms with Gasteiger partial charge in [-0.15, -0.1) is 0 Å². The Hall–Kier alpha value is -3.48. The van der Waals surface area contributed by atoms with Crippen LogP contribution in [0.3, 0.4) is 0 Å². The lowest BCUT2D eigenvalue weighted by Gasteiger charge is -2.40. The fraction of sp³-hybridized carbons (Fsp3) is 0.360. The summed E-state index contributed by atoms with van der Waals surface area (Å²) in [5.41, 5.74) is 2.29. The van der Waals surface area contributed by atoms with Crippen molar-refractivity contribution in [2.45, 2.75) is 33.1 Å². The van der Waals surface area contributed by atoms with Crippen molar-refractivity contribution in [3.05, 3.63) is 71.7 Å². The zero-order valence-electron chi connectivity index (χ0n) is 18.4. The molecule has 2 aromatic heterocycles. The van der Waals surface area contributed by atoms with Gasteiger partial charge in [-0.2, -0.15) is 0 Å². The summed E-state index contributed by atoms with van der Waals surface area (Å²) in [7, 11) is 0. The summed E-state index contributed by atoms with van der Waals surface area (Å²) in [6.07, 6.45) is 3.21. The number of likely N-dealkylation sites (tertiary alicyclic amines) is 1. The number of hydrogen-bond donors (Lipinski definition) is 0. The standard InChI is InChI=1S/C25H27N3O4/c1-3-31-24(30)25(11-7-13-28(17-25)23(29)21-10-4-5-12-26-21)16-20-15-22(27-32-20)19-9-6-8-18(2)14-19/h4-6,8-10,12,14-15H,3,7,11,13,16-17H2,1-2H3. The van der Waals surface area contributed by atoms with Gasteiger partial charge in [-0.25, -0.2) is 0 Å². The SMILES string of the molecule is CCOC(=O)C1(Cc2cc(-c3cccc(C)c3)no2)CCCN(C(=O)c2ccccn2)C1. The molecule has 32 heavy (non-hydrogen) atoms. The maximum Gasteiger partial charge on any atom is 0.314 e. The van der Waals surface area contributed by atoms with Gasteiger partial charge in [0.2, 0.25) is 0 Å². The second-order valence-corrected chi connectivity index (χ2v) is 8.27. The highest BCUT2D eigenvalue weighted by Crippen LogP contribution is 2.36. The molecule has 4 rings (SSSR count). The van der Waals surface area contributed by atoms with E-state index in [1.807, 2.05) is 37.3 Å². The van der Waals surface area contributed by atoms with E-state index in [1.54, 1.807) is 36.2 Å². The van der Waals surface area contributed by atoms with Gasteiger partial charge in [-0.1, -0.05) is 35.0 Å². The molecule has 0 N–H and O–H groups in total. The van der Waals surface area contributed by atoms with Crippen molar-refractivity contribution in [2.24, 2.45) is 5.41 Å². The molecule has 1 amide bonds. The number of aryl methyl sites for hydroxylation is 1. The fourth-order valence-corrected chi connectivity index (χ4v) is 4.29. The summed E-state index contributed by atoms with van der Waals surface area (Å²) in [5, 5.41) is 4.21. The number of benzene rings is 1. The summed E-state index contributed by atoms with van der Waals surface area (Å²) in [6, 6.07) is 15.1. The van der Waals surface area contributed by atoms with Crippen LogP contribution in [0.2, 0.25) is 0 Å². The number of hydrogen-bond acceptors (Lipinski definition) is 6. The van der Waals surface area contributed by atoms with Crippen LogP contribution in [0.25, 0.3) is 11.3 Å². The second-order valence-electron chi connectivity index (χ2n) is 8.27. The van der Waals surface area contributed by atoms with E-state index in [2.05, 4.69) is 10.1 Å². The number of amides is 1. The van der Waals surface area contributed by atoms with Crippen LogP contribution >= 0.6 is 0 Å². The van der Waals surface area contributed by atoms with E-state index in [0.29, 0.717) is 37.3 Å². The van der Waals surface area contributed by atoms with Gasteiger partial charge in [0.05, 0.1) is 12.0 Å². The Balaban J connectivity index is 1.59. The van der Waals surface area contributed by atoms with E-state index in [1.165, 1.54) is 0 Å². The average Bonchev–Trinajstić information content (AvgIpc) is 3.28. The molecule has 3 heterocycles. The third-order valence-corrected chi connectivity index (χ3v) is 5.84. The lowest BCUT2D eigenvalue weighted by atomic mass is 9.76. The quantitative estimate of drug-likeness (QED) is 0.545. The van der Waals surface area contributed by atoms with Gasteiger partial charge in [0.25, 0.3) is 5.91 Å². The molecule has 7 nitrogen and oxygen atoms in total. The van der Waals surface area contributed by atoms with Crippen molar-refractivity contribution in [2.75, 3.05) is 19.7 Å². The molecule has 1 aliphatic rings. The van der Waals surface area contributed by atoms with Crippen molar-refractivity contribution in [1.82, 2.24) is 15.0 Å². The monoisotopic (exact) mass is 433 g/mol. The van der Waals surface area contributed by atoms with E-state index in [4.69, 9.17) is 9.26 Å². The Morgan fingerprint density at radius 3 is 2.81 bits per heavy atom. The fourth-order valence-electron chi connectivity index (χ4n) is 4.29. The summed E-state index contributed by atoms with van der Waals surface area (Å²) < 4.78 is 11.1. The summed E-state index contributed by atoms with van der Waals surface area (Å²) in [6.45, 7) is 4.91. The minimum atomic E-state index is -0.887. The van der Waals surface area contributed by atoms with E-state index < -0.39 is 5.41 Å². The first-order chi connectivity index (χ1) is 15.5. The van der Waals surface area contributed by atoms with Crippen LogP contribution in [0.5, 0.6) is 0 Å². The molecule has 0 saturated carbocycles. The number of esters is 1. The number of aromatic nitrogens is 2. The highest BCUT2D eigenvalue weighted by molar-refractivity contribution is 5.93. The molecular weight excluding hydrogens is 406 g/mol. The van der Waals surface area contributed by atoms with Crippen molar-refractivity contribution in [3.63, 3.8) is 0 Å². The van der Waals surface area contributed by atoms with E-state index >= 15 is 0 Å². The zero-order chi connectivity index (χ0) is 22.6. The average molecular weight is 434 g/mol. The summed E-state index contributed by atoms with van der Waals surface area (Å²) >= 11 is 0. The Kier molecular flexibility index (Phi) is 6.35. The molecule has 166 valence electrons. The number of pyridine rings is 1. The van der Waals surface area contributed by atoms with Crippen LogP contribution in [0.4, 0.5) is 0 Å². The van der Waals surface area contributed by atoms with Crippen molar-refractivity contribution >= 4 is 11.9 Å². The first-order valence-electron chi connectivity index (χ1n) is 10.9. The molecule has 1 saturated heterocycles. The van der Waals surface area contributed by atoms with Crippen LogP contribution in [0, 0.1) is 12.3 Å². The summed E-state index contributed by atoms with van der Waals surface area (Å²) in [4.78, 5) is 32.0. The van der Waals surface area contributed by atoms with E-state index in [0.717, 1.165) is 16.8 Å². The number of carbonyl (C=O) groups is 2. The van der Waals surface area contributed by atoms with Gasteiger partial charge in [0.15, 0.2) is 0 Å². The molecule has 0 bridgehead atoms. The van der Waals surface area contributed by atoms with Gasteiger partial charge in [0.1, 0.15) is 17.1 Å². The van der Waals surface area contributed by atoms with E-state index in [9.17, 15) is 9.59 Å². The Morgan fingerprint density at radius 2 is 2.06 bits per heavy atom. The predicted molar refractivity (Wildman–Crippen MR) is 119 cm³/mol. The van der Waals surface area contributed by atoms with Gasteiger partial charge in [0, 0.05) is 37.3 Å². The number of ether oxygens (including phenoxy) is 1. The van der Waals surface area contributed by atoms with Crippen molar-refractivity contribution in [1.29, 1.82) is 0 Å². The van der Waals surface area contributed by atoms with Crippen LogP contribution in [0.1, 0.15) is 41.6 Å². The second kappa shape index (κ2) is 9.34. The molecule has 0 spiro atoms. The molecule has 0 radical (unpaired) electrons. The smallest absolute Gasteiger partial charge is 0.314 e. The predicted octanol–water partition coefficient (Wildman–Crippen LogP) is 4.07. The van der Waals surface area contributed by atoms with Gasteiger partial charge >= 0.3 is 5.97 Å². The van der Waals surface area contributed by atoms with Gasteiger partial charge in [-0.05, 0) is 44.9 Å². The summed E-state index contributed by atoms with van der Waals surface area (Å²) in [5.74, 6) is 0.103. The topological polar surface area (TPSA) is 85.5 Å². The van der Waals surface area contributed by atoms with Crippen molar-refractivity contribution < 1.29 is 18.8 Å². The molecule has 1 unspecified atom stereocenters. The third kappa shape index (κ3) is 4.56. The lowest BCUT2D eigenvalue weighted by Crippen LogP contribution is -2.51. The van der Waals surface area contributed by atoms with Crippen LogP contribution < -0.4 is 0 Å². The minimum absolute atomic E-state index is 0.183. The molecule has 0 aliphatic carbocycles. The van der Waals surface area contributed by atoms with E-state index in [-0.39, 0.29) is 25.0 Å². The lowest BCUT2D eigenvalue weighted by molar-refractivity contribution is -0.158. The van der Waals surface area contributed by atoms with Gasteiger partial charge in [-0.3, -0.25) is 14.6 Å². The Bertz CT molecular complexity index is 1100. The molecule has 1 fully saturated rings. The van der Waals surface area contributed by atoms with Crippen LogP contribution in [0.15, 0.2) is 59.3 Å².